The number of fused-ring (bicyclic) bond motifs is 4. The van der Waals surface area contributed by atoms with Crippen LogP contribution in [0.4, 0.5) is 5.69 Å². The number of benzene rings is 3. The van der Waals surface area contributed by atoms with Crippen LogP contribution in [0.25, 0.3) is 0 Å². The second-order valence-corrected chi connectivity index (χ2v) is 9.10. The van der Waals surface area contributed by atoms with Gasteiger partial charge in [0.15, 0.2) is 11.9 Å². The van der Waals surface area contributed by atoms with Crippen LogP contribution in [0.3, 0.4) is 0 Å². The molecule has 170 valence electrons. The van der Waals surface area contributed by atoms with Crippen molar-refractivity contribution >= 4 is 57.9 Å². The zero-order valence-electron chi connectivity index (χ0n) is 17.4. The van der Waals surface area contributed by atoms with E-state index in [-0.39, 0.29) is 37.0 Å². The van der Waals surface area contributed by atoms with Gasteiger partial charge in [0.25, 0.3) is 5.91 Å². The fraction of sp³-hybridized carbons (Fsp3) is 0.208. The minimum absolute atomic E-state index is 0.00286. The van der Waals surface area contributed by atoms with Gasteiger partial charge in [0.2, 0.25) is 0 Å². The molecule has 0 aromatic heterocycles. The summed E-state index contributed by atoms with van der Waals surface area (Å²) in [5, 5.41) is 0.0657. The molecule has 3 aromatic rings. The third-order valence-electron chi connectivity index (χ3n) is 6.03. The Balaban J connectivity index is 1.89. The molecule has 3 aromatic carbocycles. The maximum atomic E-state index is 13.8. The van der Waals surface area contributed by atoms with E-state index in [9.17, 15) is 4.79 Å². The van der Waals surface area contributed by atoms with E-state index in [4.69, 9.17) is 60.6 Å². The van der Waals surface area contributed by atoms with Crippen molar-refractivity contribution in [2.75, 3.05) is 19.1 Å². The maximum Gasteiger partial charge on any atom is 0.283 e. The average molecular weight is 525 g/mol. The Morgan fingerprint density at radius 2 is 1.52 bits per heavy atom. The van der Waals surface area contributed by atoms with Crippen molar-refractivity contribution in [2.45, 2.75) is 18.1 Å². The second kappa shape index (κ2) is 8.35. The normalized spacial score (nSPS) is 23.6. The number of rotatable bonds is 4. The summed E-state index contributed by atoms with van der Waals surface area (Å²) >= 11 is 26.0. The van der Waals surface area contributed by atoms with Crippen LogP contribution in [0.5, 0.6) is 5.75 Å². The molecule has 0 spiro atoms. The zero-order chi connectivity index (χ0) is 23.5. The lowest BCUT2D eigenvalue weighted by molar-refractivity contribution is -0.215. The van der Waals surface area contributed by atoms with Crippen molar-refractivity contribution in [3.8, 4) is 5.75 Å². The van der Waals surface area contributed by atoms with Crippen molar-refractivity contribution < 1.29 is 19.0 Å². The highest BCUT2D eigenvalue weighted by Gasteiger charge is 2.64. The van der Waals surface area contributed by atoms with E-state index in [0.29, 0.717) is 5.75 Å². The third kappa shape index (κ3) is 3.11. The molecule has 0 amide bonds. The minimum Gasteiger partial charge on any atom is -0.496 e. The summed E-state index contributed by atoms with van der Waals surface area (Å²) in [6.07, 6.45) is -0.986. The molecule has 3 atom stereocenters. The van der Waals surface area contributed by atoms with Gasteiger partial charge in [-0.3, -0.25) is 4.79 Å². The van der Waals surface area contributed by atoms with E-state index in [0.717, 1.165) is 11.3 Å². The summed E-state index contributed by atoms with van der Waals surface area (Å²) in [5.41, 5.74) is 1.82. The summed E-state index contributed by atoms with van der Waals surface area (Å²) in [6.45, 7) is 0. The van der Waals surface area contributed by atoms with E-state index in [2.05, 4.69) is 0 Å². The van der Waals surface area contributed by atoms with Crippen molar-refractivity contribution in [2.24, 2.45) is 0 Å². The monoisotopic (exact) mass is 523 g/mol. The van der Waals surface area contributed by atoms with E-state index in [1.807, 2.05) is 59.5 Å². The first-order chi connectivity index (χ1) is 15.9. The molecule has 0 saturated carbocycles. The molecule has 5 nitrogen and oxygen atoms in total. The molecule has 1 saturated heterocycles. The number of ether oxygens (including phenoxy) is 3. The summed E-state index contributed by atoms with van der Waals surface area (Å²) in [7, 11) is 3.05. The summed E-state index contributed by atoms with van der Waals surface area (Å²) in [5.74, 6) is -1.39. The number of carbonyl (C=O) groups excluding carboxylic acids is 1. The lowest BCUT2D eigenvalue weighted by Crippen LogP contribution is -2.47. The molecule has 5 rings (SSSR count). The molecule has 2 aliphatic heterocycles. The van der Waals surface area contributed by atoms with E-state index in [1.165, 1.54) is 7.11 Å². The Hall–Kier alpha value is -1.99. The Kier molecular flexibility index (Phi) is 5.76. The first-order valence-electron chi connectivity index (χ1n) is 9.98. The SMILES string of the molecule is COc1ccccc1[C@H]1[C@H]2O[C@](OC)(c3c(Cl)c(Cl)c(Cl)c(Cl)c3C2=O)N1c1ccccc1. The summed E-state index contributed by atoms with van der Waals surface area (Å²) in [4.78, 5) is 15.7. The van der Waals surface area contributed by atoms with E-state index >= 15 is 0 Å². The van der Waals surface area contributed by atoms with Gasteiger partial charge in [0.05, 0.1) is 44.4 Å². The van der Waals surface area contributed by atoms with E-state index in [1.54, 1.807) is 7.11 Å². The number of nitrogens with zero attached hydrogens (tertiary/aromatic N) is 1. The smallest absolute Gasteiger partial charge is 0.283 e. The number of carbonyl (C=O) groups is 1. The Morgan fingerprint density at radius 3 is 2.18 bits per heavy atom. The first-order valence-corrected chi connectivity index (χ1v) is 11.5. The molecule has 2 bridgehead atoms. The van der Waals surface area contributed by atoms with Gasteiger partial charge in [-0.05, 0) is 18.2 Å². The molecule has 0 N–H and O–H groups in total. The van der Waals surface area contributed by atoms with Gasteiger partial charge in [0, 0.05) is 18.4 Å². The number of para-hydroxylation sites is 2. The second-order valence-electron chi connectivity index (χ2n) is 7.59. The van der Waals surface area contributed by atoms with Crippen LogP contribution < -0.4 is 9.64 Å². The molecule has 2 heterocycles. The van der Waals surface area contributed by atoms with Crippen LogP contribution in [-0.2, 0) is 15.4 Å². The zero-order valence-corrected chi connectivity index (χ0v) is 20.5. The van der Waals surface area contributed by atoms with Crippen molar-refractivity contribution in [3.05, 3.63) is 91.4 Å². The molecular formula is C24H17Cl4NO4. The molecule has 0 radical (unpaired) electrons. The number of methoxy groups -OCH3 is 2. The van der Waals surface area contributed by atoms with Crippen LogP contribution in [0.1, 0.15) is 27.5 Å². The highest BCUT2D eigenvalue weighted by Crippen LogP contribution is 2.59. The maximum absolute atomic E-state index is 13.8. The first kappa shape index (κ1) is 22.8. The molecule has 9 heteroatoms. The summed E-state index contributed by atoms with van der Waals surface area (Å²) in [6, 6.07) is 16.2. The number of hydrogen-bond acceptors (Lipinski definition) is 5. The molecule has 2 aliphatic rings. The number of ketones is 1. The van der Waals surface area contributed by atoms with Gasteiger partial charge in [-0.25, -0.2) is 0 Å². The predicted molar refractivity (Wildman–Crippen MR) is 129 cm³/mol. The Labute approximate surface area is 210 Å². The fourth-order valence-corrected chi connectivity index (χ4v) is 5.74. The van der Waals surface area contributed by atoms with Gasteiger partial charge < -0.3 is 19.1 Å². The number of anilines is 1. The van der Waals surface area contributed by atoms with Crippen LogP contribution in [0, 0.1) is 0 Å². The minimum atomic E-state index is -1.60. The number of hydrogen-bond donors (Lipinski definition) is 0. The number of Topliss-reactive ketones (excluding diaryl/α,β-unsaturated/α-hetero) is 1. The highest BCUT2D eigenvalue weighted by atomic mass is 35.5. The third-order valence-corrected chi connectivity index (χ3v) is 7.83. The predicted octanol–water partition coefficient (Wildman–Crippen LogP) is 6.91. The Bertz CT molecular complexity index is 1270. The molecule has 0 unspecified atom stereocenters. The quantitative estimate of drug-likeness (QED) is 0.274. The van der Waals surface area contributed by atoms with Gasteiger partial charge in [0.1, 0.15) is 5.75 Å². The van der Waals surface area contributed by atoms with Gasteiger partial charge >= 0.3 is 0 Å². The van der Waals surface area contributed by atoms with Crippen molar-refractivity contribution in [3.63, 3.8) is 0 Å². The topological polar surface area (TPSA) is 48.0 Å². The molecule has 0 aliphatic carbocycles. The molecular weight excluding hydrogens is 508 g/mol. The van der Waals surface area contributed by atoms with Gasteiger partial charge in [-0.15, -0.1) is 0 Å². The molecule has 33 heavy (non-hydrogen) atoms. The van der Waals surface area contributed by atoms with Crippen molar-refractivity contribution in [1.82, 2.24) is 0 Å². The molecule has 1 fully saturated rings. The van der Waals surface area contributed by atoms with Crippen molar-refractivity contribution in [1.29, 1.82) is 0 Å². The lowest BCUT2D eigenvalue weighted by atomic mass is 9.92. The Morgan fingerprint density at radius 1 is 0.879 bits per heavy atom. The standard InChI is InChI=1S/C24H17Cl4NO4/c1-31-14-11-7-6-10-13(14)21-23-22(30)15-16(18(26)20(28)19(27)17(15)25)24(32-2,33-23)29(21)12-8-4-3-5-9-12/h3-11,21,23H,1-2H3/t21-,23+,24+/m0/s1. The van der Waals surface area contributed by atoms with E-state index < -0.39 is 18.1 Å². The lowest BCUT2D eigenvalue weighted by Gasteiger charge is -2.41. The largest absolute Gasteiger partial charge is 0.496 e. The number of halogens is 4. The summed E-state index contributed by atoms with van der Waals surface area (Å²) < 4.78 is 18.1. The average Bonchev–Trinajstić information content (AvgIpc) is 3.16. The highest BCUT2D eigenvalue weighted by molar-refractivity contribution is 6.53. The van der Waals surface area contributed by atoms with Crippen LogP contribution in [-0.4, -0.2) is 26.1 Å². The fourth-order valence-electron chi connectivity index (χ4n) is 4.67. The van der Waals surface area contributed by atoms with Crippen LogP contribution in [0.2, 0.25) is 20.1 Å². The van der Waals surface area contributed by atoms with Gasteiger partial charge in [-0.2, -0.15) is 0 Å². The van der Waals surface area contributed by atoms with Crippen LogP contribution in [0.15, 0.2) is 54.6 Å². The van der Waals surface area contributed by atoms with Gasteiger partial charge in [-0.1, -0.05) is 82.8 Å². The van der Waals surface area contributed by atoms with Crippen LogP contribution >= 0.6 is 46.4 Å².